The third-order valence-corrected chi connectivity index (χ3v) is 4.37. The highest BCUT2D eigenvalue weighted by molar-refractivity contribution is 4.81. The van der Waals surface area contributed by atoms with Gasteiger partial charge >= 0.3 is 6.18 Å². The number of alkyl halides is 3. The molecule has 1 fully saturated rings. The fourth-order valence-electron chi connectivity index (χ4n) is 2.66. The van der Waals surface area contributed by atoms with E-state index in [0.717, 1.165) is 32.4 Å². The van der Waals surface area contributed by atoms with Crippen molar-refractivity contribution in [3.8, 4) is 0 Å². The van der Waals surface area contributed by atoms with Crippen molar-refractivity contribution in [2.45, 2.75) is 50.7 Å². The number of aliphatic hydroxyl groups excluding tert-OH is 1. The summed E-state index contributed by atoms with van der Waals surface area (Å²) in [5.74, 6) is -1.16. The molecule has 1 heterocycles. The van der Waals surface area contributed by atoms with Crippen molar-refractivity contribution < 1.29 is 18.3 Å². The highest BCUT2D eigenvalue weighted by Crippen LogP contribution is 2.33. The van der Waals surface area contributed by atoms with E-state index in [2.05, 4.69) is 5.32 Å². The predicted octanol–water partition coefficient (Wildman–Crippen LogP) is 2.40. The molecule has 0 aromatic heterocycles. The quantitative estimate of drug-likeness (QED) is 0.708. The summed E-state index contributed by atoms with van der Waals surface area (Å²) in [7, 11) is 1.81. The average Bonchev–Trinajstić information content (AvgIpc) is 2.43. The first kappa shape index (κ1) is 17.7. The van der Waals surface area contributed by atoms with Crippen LogP contribution in [0, 0.1) is 5.92 Å². The van der Waals surface area contributed by atoms with Crippen molar-refractivity contribution >= 4 is 0 Å². The molecule has 3 nitrogen and oxygen atoms in total. The Bertz CT molecular complexity index is 280. The standard InChI is InChI=1S/C14H27F3N2O/c1-13(11-20,18-2)7-3-4-8-19-9-5-6-12(10-19)14(15,16)17/h12,18,20H,3-11H2,1-2H3. The van der Waals surface area contributed by atoms with Crippen LogP contribution >= 0.6 is 0 Å². The third-order valence-electron chi connectivity index (χ3n) is 4.37. The van der Waals surface area contributed by atoms with Gasteiger partial charge in [0.25, 0.3) is 0 Å². The molecule has 2 atom stereocenters. The Morgan fingerprint density at radius 1 is 1.30 bits per heavy atom. The molecule has 0 spiro atoms. The Morgan fingerprint density at radius 2 is 2.00 bits per heavy atom. The van der Waals surface area contributed by atoms with Crippen LogP contribution in [-0.4, -0.2) is 55.0 Å². The summed E-state index contributed by atoms with van der Waals surface area (Å²) in [5, 5.41) is 12.3. The smallest absolute Gasteiger partial charge is 0.393 e. The molecule has 0 aromatic rings. The molecule has 2 unspecified atom stereocenters. The fraction of sp³-hybridized carbons (Fsp3) is 1.00. The van der Waals surface area contributed by atoms with E-state index in [4.69, 9.17) is 0 Å². The van der Waals surface area contributed by atoms with E-state index in [-0.39, 0.29) is 25.1 Å². The molecule has 20 heavy (non-hydrogen) atoms. The SMILES string of the molecule is CNC(C)(CO)CCCCN1CCCC(C(F)(F)F)C1. The largest absolute Gasteiger partial charge is 0.394 e. The van der Waals surface area contributed by atoms with Gasteiger partial charge in [-0.05, 0) is 52.7 Å². The van der Waals surface area contributed by atoms with Crippen LogP contribution in [-0.2, 0) is 0 Å². The molecule has 1 aliphatic heterocycles. The molecule has 0 radical (unpaired) electrons. The molecule has 0 amide bonds. The number of hydrogen-bond acceptors (Lipinski definition) is 3. The van der Waals surface area contributed by atoms with Gasteiger partial charge in [0.15, 0.2) is 0 Å². The maximum absolute atomic E-state index is 12.7. The van der Waals surface area contributed by atoms with E-state index in [1.54, 1.807) is 0 Å². The Hall–Kier alpha value is -0.330. The van der Waals surface area contributed by atoms with E-state index < -0.39 is 12.1 Å². The first-order valence-corrected chi connectivity index (χ1v) is 7.39. The highest BCUT2D eigenvalue weighted by atomic mass is 19.4. The molecule has 1 saturated heterocycles. The van der Waals surface area contributed by atoms with Crippen LogP contribution in [0.15, 0.2) is 0 Å². The van der Waals surface area contributed by atoms with Crippen molar-refractivity contribution in [1.29, 1.82) is 0 Å². The number of hydrogen-bond donors (Lipinski definition) is 2. The Balaban J connectivity index is 2.25. The van der Waals surface area contributed by atoms with Crippen LogP contribution in [0.3, 0.4) is 0 Å². The van der Waals surface area contributed by atoms with E-state index >= 15 is 0 Å². The molecule has 0 saturated carbocycles. The zero-order valence-corrected chi connectivity index (χ0v) is 12.5. The van der Waals surface area contributed by atoms with E-state index in [9.17, 15) is 18.3 Å². The second-order valence-corrected chi connectivity index (χ2v) is 6.11. The number of aliphatic hydroxyl groups is 1. The Morgan fingerprint density at radius 3 is 2.55 bits per heavy atom. The molecule has 0 aliphatic carbocycles. The van der Waals surface area contributed by atoms with E-state index in [0.29, 0.717) is 6.42 Å². The minimum Gasteiger partial charge on any atom is -0.394 e. The maximum Gasteiger partial charge on any atom is 0.393 e. The number of halogens is 3. The molecule has 120 valence electrons. The van der Waals surface area contributed by atoms with E-state index in [1.807, 2.05) is 18.9 Å². The van der Waals surface area contributed by atoms with Gasteiger partial charge in [-0.15, -0.1) is 0 Å². The highest BCUT2D eigenvalue weighted by Gasteiger charge is 2.41. The zero-order valence-electron chi connectivity index (χ0n) is 12.5. The lowest BCUT2D eigenvalue weighted by Gasteiger charge is -2.34. The number of nitrogens with one attached hydrogen (secondary N) is 1. The zero-order chi connectivity index (χ0) is 15.2. The van der Waals surface area contributed by atoms with Gasteiger partial charge in [0.05, 0.1) is 12.5 Å². The number of nitrogens with zero attached hydrogens (tertiary/aromatic N) is 1. The van der Waals surface area contributed by atoms with Gasteiger partial charge in [-0.1, -0.05) is 6.42 Å². The molecular weight excluding hydrogens is 269 g/mol. The second-order valence-electron chi connectivity index (χ2n) is 6.11. The summed E-state index contributed by atoms with van der Waals surface area (Å²) in [5.41, 5.74) is -0.281. The summed E-state index contributed by atoms with van der Waals surface area (Å²) in [6.45, 7) is 3.66. The summed E-state index contributed by atoms with van der Waals surface area (Å²) >= 11 is 0. The Kier molecular flexibility index (Phi) is 6.75. The normalized spacial score (nSPS) is 24.6. The molecule has 0 aromatic carbocycles. The minimum atomic E-state index is -4.06. The van der Waals surface area contributed by atoms with Crippen LogP contribution in [0.25, 0.3) is 0 Å². The minimum absolute atomic E-state index is 0.0728. The van der Waals surface area contributed by atoms with Crippen LogP contribution in [0.1, 0.15) is 39.0 Å². The van der Waals surface area contributed by atoms with Gasteiger partial charge in [0, 0.05) is 12.1 Å². The van der Waals surface area contributed by atoms with Crippen molar-refractivity contribution in [2.75, 3.05) is 33.3 Å². The molecule has 1 rings (SSSR count). The van der Waals surface area contributed by atoms with Gasteiger partial charge < -0.3 is 15.3 Å². The van der Waals surface area contributed by atoms with Gasteiger partial charge in [-0.2, -0.15) is 13.2 Å². The molecular formula is C14H27F3N2O. The summed E-state index contributed by atoms with van der Waals surface area (Å²) in [6.07, 6.45) is -0.541. The summed E-state index contributed by atoms with van der Waals surface area (Å²) < 4.78 is 38.1. The molecule has 0 bridgehead atoms. The fourth-order valence-corrected chi connectivity index (χ4v) is 2.66. The van der Waals surface area contributed by atoms with Crippen LogP contribution in [0.5, 0.6) is 0 Å². The first-order chi connectivity index (χ1) is 9.30. The number of likely N-dealkylation sites (tertiary alicyclic amines) is 1. The summed E-state index contributed by atoms with van der Waals surface area (Å²) in [4.78, 5) is 1.93. The number of unbranched alkanes of at least 4 members (excludes halogenated alkanes) is 1. The Labute approximate surface area is 119 Å². The van der Waals surface area contributed by atoms with Crippen LogP contribution in [0.4, 0.5) is 13.2 Å². The predicted molar refractivity (Wildman–Crippen MR) is 73.6 cm³/mol. The second kappa shape index (κ2) is 7.61. The van der Waals surface area contributed by atoms with Gasteiger partial charge in [-0.3, -0.25) is 0 Å². The van der Waals surface area contributed by atoms with E-state index in [1.165, 1.54) is 0 Å². The van der Waals surface area contributed by atoms with Crippen molar-refractivity contribution in [2.24, 2.45) is 5.92 Å². The maximum atomic E-state index is 12.7. The number of likely N-dealkylation sites (N-methyl/N-ethyl adjacent to an activating group) is 1. The van der Waals surface area contributed by atoms with Crippen LogP contribution in [0.2, 0.25) is 0 Å². The van der Waals surface area contributed by atoms with Crippen molar-refractivity contribution in [3.05, 3.63) is 0 Å². The lowest BCUT2D eigenvalue weighted by Crippen LogP contribution is -2.44. The monoisotopic (exact) mass is 296 g/mol. The number of piperidine rings is 1. The number of rotatable bonds is 7. The lowest BCUT2D eigenvalue weighted by molar-refractivity contribution is -0.186. The molecule has 2 N–H and O–H groups in total. The van der Waals surface area contributed by atoms with Crippen LogP contribution < -0.4 is 5.32 Å². The van der Waals surface area contributed by atoms with Gasteiger partial charge in [0.1, 0.15) is 0 Å². The van der Waals surface area contributed by atoms with Crippen molar-refractivity contribution in [1.82, 2.24) is 10.2 Å². The van der Waals surface area contributed by atoms with Gasteiger partial charge in [0.2, 0.25) is 0 Å². The topological polar surface area (TPSA) is 35.5 Å². The average molecular weight is 296 g/mol. The van der Waals surface area contributed by atoms with Gasteiger partial charge in [-0.25, -0.2) is 0 Å². The van der Waals surface area contributed by atoms with Crippen molar-refractivity contribution in [3.63, 3.8) is 0 Å². The first-order valence-electron chi connectivity index (χ1n) is 7.39. The summed E-state index contributed by atoms with van der Waals surface area (Å²) in [6, 6.07) is 0. The third kappa shape index (κ3) is 5.58. The molecule has 6 heteroatoms. The molecule has 1 aliphatic rings. The lowest BCUT2D eigenvalue weighted by atomic mass is 9.95.